The number of hydrogen-bond acceptors (Lipinski definition) is 2. The Hall–Kier alpha value is -2.35. The average Bonchev–Trinajstić information content (AvgIpc) is 2.77. The fraction of sp³-hybridized carbons (Fsp3) is 0.500. The van der Waals surface area contributed by atoms with Gasteiger partial charge in [-0.1, -0.05) is 97.2 Å². The van der Waals surface area contributed by atoms with Crippen molar-refractivity contribution in [1.29, 1.82) is 0 Å². The van der Waals surface area contributed by atoms with E-state index >= 15 is 0 Å². The third kappa shape index (κ3) is 6.58. The summed E-state index contributed by atoms with van der Waals surface area (Å²) in [6.07, 6.45) is 10.2. The van der Waals surface area contributed by atoms with Crippen LogP contribution in [0, 0.1) is 0 Å². The number of ketones is 1. The van der Waals surface area contributed by atoms with E-state index in [1.165, 1.54) is 11.1 Å². The van der Waals surface area contributed by atoms with E-state index in [4.69, 9.17) is 0 Å². The van der Waals surface area contributed by atoms with Crippen LogP contribution >= 0.6 is 0 Å². The van der Waals surface area contributed by atoms with Crippen LogP contribution in [0.2, 0.25) is 0 Å². The number of rotatable bonds is 12. The first-order valence-electron chi connectivity index (χ1n) is 12.5. The highest BCUT2D eigenvalue weighted by Gasteiger charge is 2.17. The molecule has 0 bridgehead atoms. The van der Waals surface area contributed by atoms with Crippen molar-refractivity contribution in [3.05, 3.63) is 70.3 Å². The second-order valence-corrected chi connectivity index (χ2v) is 9.40. The molecule has 3 unspecified atom stereocenters. The number of hydrogen-bond donors (Lipinski definition) is 1. The van der Waals surface area contributed by atoms with Crippen molar-refractivity contribution in [3.8, 4) is 5.75 Å². The monoisotopic (exact) mass is 434 g/mol. The van der Waals surface area contributed by atoms with Crippen LogP contribution in [0.15, 0.2) is 42.5 Å². The molecule has 3 atom stereocenters. The van der Waals surface area contributed by atoms with Crippen LogP contribution < -0.4 is 0 Å². The number of phenolic OH excluding ortho intramolecular Hbond substituents is 1. The molecule has 0 saturated heterocycles. The summed E-state index contributed by atoms with van der Waals surface area (Å²) in [4.78, 5) is 13.1. The van der Waals surface area contributed by atoms with Crippen molar-refractivity contribution in [2.45, 2.75) is 97.8 Å². The number of aromatic hydroxyl groups is 1. The van der Waals surface area contributed by atoms with Gasteiger partial charge in [0.15, 0.2) is 5.78 Å². The quantitative estimate of drug-likeness (QED) is 0.267. The standard InChI is InChI=1S/C30H42O2/c1-7-11-21(4)24-16-18-26(22(5)12-8-2)25(20-24)17-19-29(31)28-15-10-14-27(30(28)32)23(6)13-9-3/h10,14-23,32H,7-9,11-13H2,1-6H3/b19-17+. The molecule has 0 aromatic heterocycles. The SMILES string of the molecule is CCCC(C)c1ccc(C(C)CCC)c(/C=C/C(=O)c2cccc(C(C)CCC)c2O)c1. The highest BCUT2D eigenvalue weighted by Crippen LogP contribution is 2.33. The molecule has 2 heteroatoms. The normalized spacial score (nSPS) is 14.4. The lowest BCUT2D eigenvalue weighted by Gasteiger charge is -2.18. The molecule has 0 aliphatic rings. The first kappa shape index (κ1) is 25.9. The molecule has 0 aliphatic heterocycles. The van der Waals surface area contributed by atoms with Crippen LogP contribution in [0.4, 0.5) is 0 Å². The molecule has 0 aliphatic carbocycles. The van der Waals surface area contributed by atoms with Gasteiger partial charge in [-0.25, -0.2) is 0 Å². The van der Waals surface area contributed by atoms with Crippen molar-refractivity contribution in [2.75, 3.05) is 0 Å². The number of carbonyl (C=O) groups is 1. The maximum atomic E-state index is 13.1. The van der Waals surface area contributed by atoms with E-state index in [1.54, 1.807) is 12.1 Å². The Labute approximate surface area is 195 Å². The third-order valence-electron chi connectivity index (χ3n) is 6.65. The molecule has 0 fully saturated rings. The van der Waals surface area contributed by atoms with E-state index in [-0.39, 0.29) is 17.5 Å². The molecule has 2 nitrogen and oxygen atoms in total. The first-order chi connectivity index (χ1) is 15.3. The van der Waals surface area contributed by atoms with Gasteiger partial charge in [-0.2, -0.15) is 0 Å². The molecule has 2 aromatic carbocycles. The van der Waals surface area contributed by atoms with Gasteiger partial charge in [-0.3, -0.25) is 4.79 Å². The van der Waals surface area contributed by atoms with Crippen LogP contribution in [0.1, 0.15) is 130 Å². The van der Waals surface area contributed by atoms with Crippen molar-refractivity contribution in [3.63, 3.8) is 0 Å². The van der Waals surface area contributed by atoms with Crippen LogP contribution in [0.5, 0.6) is 5.75 Å². The molecule has 2 aromatic rings. The molecule has 0 saturated carbocycles. The summed E-state index contributed by atoms with van der Waals surface area (Å²) in [6, 6.07) is 12.3. The van der Waals surface area contributed by atoms with Gasteiger partial charge in [0, 0.05) is 0 Å². The van der Waals surface area contributed by atoms with Gasteiger partial charge in [0.1, 0.15) is 5.75 Å². The predicted octanol–water partition coefficient (Wildman–Crippen LogP) is 9.00. The number of allylic oxidation sites excluding steroid dienone is 1. The van der Waals surface area contributed by atoms with Crippen molar-refractivity contribution in [2.24, 2.45) is 0 Å². The molecule has 0 spiro atoms. The Balaban J connectivity index is 2.39. The van der Waals surface area contributed by atoms with Gasteiger partial charge in [0.25, 0.3) is 0 Å². The summed E-state index contributed by atoms with van der Waals surface area (Å²) in [5.74, 6) is 1.16. The van der Waals surface area contributed by atoms with E-state index in [0.29, 0.717) is 17.4 Å². The van der Waals surface area contributed by atoms with Crippen molar-refractivity contribution >= 4 is 11.9 Å². The molecular weight excluding hydrogens is 392 g/mol. The predicted molar refractivity (Wildman–Crippen MR) is 138 cm³/mol. The largest absolute Gasteiger partial charge is 0.507 e. The molecule has 0 radical (unpaired) electrons. The molecule has 32 heavy (non-hydrogen) atoms. The number of benzene rings is 2. The van der Waals surface area contributed by atoms with Gasteiger partial charge >= 0.3 is 0 Å². The van der Waals surface area contributed by atoms with Crippen LogP contribution in [-0.4, -0.2) is 10.9 Å². The zero-order valence-corrected chi connectivity index (χ0v) is 20.9. The summed E-state index contributed by atoms with van der Waals surface area (Å²) >= 11 is 0. The summed E-state index contributed by atoms with van der Waals surface area (Å²) in [6.45, 7) is 13.2. The minimum atomic E-state index is -0.144. The lowest BCUT2D eigenvalue weighted by atomic mass is 9.87. The first-order valence-corrected chi connectivity index (χ1v) is 12.5. The van der Waals surface area contributed by atoms with Crippen LogP contribution in [0.25, 0.3) is 6.08 Å². The topological polar surface area (TPSA) is 37.3 Å². The van der Waals surface area contributed by atoms with Crippen molar-refractivity contribution < 1.29 is 9.90 Å². The maximum Gasteiger partial charge on any atom is 0.189 e. The minimum Gasteiger partial charge on any atom is -0.507 e. The summed E-state index contributed by atoms with van der Waals surface area (Å²) < 4.78 is 0. The summed E-state index contributed by atoms with van der Waals surface area (Å²) in [5, 5.41) is 10.8. The highest BCUT2D eigenvalue weighted by atomic mass is 16.3. The van der Waals surface area contributed by atoms with E-state index in [2.05, 4.69) is 59.7 Å². The second kappa shape index (κ2) is 12.6. The maximum absolute atomic E-state index is 13.1. The van der Waals surface area contributed by atoms with E-state index in [0.717, 1.165) is 49.7 Å². The Kier molecular flexibility index (Phi) is 10.2. The molecular formula is C30H42O2. The zero-order valence-electron chi connectivity index (χ0n) is 20.9. The Morgan fingerprint density at radius 1 is 0.844 bits per heavy atom. The van der Waals surface area contributed by atoms with Crippen LogP contribution in [0.3, 0.4) is 0 Å². The Bertz CT molecular complexity index is 909. The van der Waals surface area contributed by atoms with Gasteiger partial charge in [-0.15, -0.1) is 0 Å². The smallest absolute Gasteiger partial charge is 0.189 e. The van der Waals surface area contributed by atoms with Gasteiger partial charge in [0.2, 0.25) is 0 Å². The van der Waals surface area contributed by atoms with Gasteiger partial charge < -0.3 is 5.11 Å². The second-order valence-electron chi connectivity index (χ2n) is 9.40. The van der Waals surface area contributed by atoms with Gasteiger partial charge in [-0.05, 0) is 71.4 Å². The summed E-state index contributed by atoms with van der Waals surface area (Å²) in [5.41, 5.74) is 4.98. The van der Waals surface area contributed by atoms with Crippen LogP contribution in [-0.2, 0) is 0 Å². The molecule has 174 valence electrons. The molecule has 1 N–H and O–H groups in total. The van der Waals surface area contributed by atoms with Crippen molar-refractivity contribution in [1.82, 2.24) is 0 Å². The fourth-order valence-corrected chi connectivity index (χ4v) is 4.68. The Morgan fingerprint density at radius 3 is 2.06 bits per heavy atom. The lowest BCUT2D eigenvalue weighted by Crippen LogP contribution is -2.02. The highest BCUT2D eigenvalue weighted by molar-refractivity contribution is 6.08. The Morgan fingerprint density at radius 2 is 1.44 bits per heavy atom. The lowest BCUT2D eigenvalue weighted by molar-refractivity contribution is 0.104. The zero-order chi connectivity index (χ0) is 23.7. The molecule has 2 rings (SSSR count). The molecule has 0 amide bonds. The van der Waals surface area contributed by atoms with E-state index in [1.807, 2.05) is 18.2 Å². The van der Waals surface area contributed by atoms with E-state index < -0.39 is 0 Å². The summed E-state index contributed by atoms with van der Waals surface area (Å²) in [7, 11) is 0. The number of phenols is 1. The average molecular weight is 435 g/mol. The minimum absolute atomic E-state index is 0.132. The fourth-order valence-electron chi connectivity index (χ4n) is 4.68. The van der Waals surface area contributed by atoms with Gasteiger partial charge in [0.05, 0.1) is 5.56 Å². The molecule has 0 heterocycles. The number of para-hydroxylation sites is 1. The van der Waals surface area contributed by atoms with E-state index in [9.17, 15) is 9.90 Å². The number of carbonyl (C=O) groups excluding carboxylic acids is 1. The third-order valence-corrected chi connectivity index (χ3v) is 6.65.